The zero-order valence-electron chi connectivity index (χ0n) is 9.67. The molecule has 0 aliphatic rings. The van der Waals surface area contributed by atoms with Gasteiger partial charge >= 0.3 is 18.1 Å². The van der Waals surface area contributed by atoms with Crippen LogP contribution in [0.5, 0.6) is 0 Å². The smallest absolute Gasteiger partial charge is 0.471 e. The summed E-state index contributed by atoms with van der Waals surface area (Å²) in [6.07, 6.45) is -3.74. The number of carbonyl (C=O) groups is 2. The van der Waals surface area contributed by atoms with E-state index < -0.39 is 24.1 Å². The largest absolute Gasteiger partial charge is 0.480 e. The van der Waals surface area contributed by atoms with Gasteiger partial charge in [-0.15, -0.1) is 0 Å². The Morgan fingerprint density at radius 2 is 1.71 bits per heavy atom. The summed E-state index contributed by atoms with van der Waals surface area (Å²) < 4.78 is 35.9. The predicted octanol–water partition coefficient (Wildman–Crippen LogP) is 1.94. The van der Waals surface area contributed by atoms with E-state index in [0.29, 0.717) is 12.8 Å². The van der Waals surface area contributed by atoms with Gasteiger partial charge in [-0.05, 0) is 12.3 Å². The molecule has 0 saturated carbocycles. The van der Waals surface area contributed by atoms with Crippen LogP contribution in [-0.4, -0.2) is 29.2 Å². The highest BCUT2D eigenvalue weighted by molar-refractivity contribution is 5.86. The zero-order chi connectivity index (χ0) is 13.6. The first kappa shape index (κ1) is 15.7. The van der Waals surface area contributed by atoms with Crippen LogP contribution in [-0.2, 0) is 9.59 Å². The lowest BCUT2D eigenvalue weighted by Gasteiger charge is -2.20. The molecule has 1 atom stereocenters. The fraction of sp³-hybridized carbons (Fsp3) is 0.800. The molecule has 1 amide bonds. The van der Waals surface area contributed by atoms with E-state index in [0.717, 1.165) is 0 Å². The molecule has 17 heavy (non-hydrogen) atoms. The van der Waals surface area contributed by atoms with Crippen molar-refractivity contribution in [2.45, 2.75) is 45.3 Å². The lowest BCUT2D eigenvalue weighted by molar-refractivity contribution is -0.175. The molecule has 0 bridgehead atoms. The van der Waals surface area contributed by atoms with Gasteiger partial charge in [-0.25, -0.2) is 4.79 Å². The van der Waals surface area contributed by atoms with Crippen LogP contribution >= 0.6 is 0 Å². The van der Waals surface area contributed by atoms with Crippen molar-refractivity contribution >= 4 is 11.9 Å². The molecule has 0 spiro atoms. The summed E-state index contributed by atoms with van der Waals surface area (Å²) in [5.74, 6) is -3.69. The van der Waals surface area contributed by atoms with E-state index in [1.165, 1.54) is 5.32 Å². The third-order valence-corrected chi connectivity index (χ3v) is 2.58. The molecule has 0 aromatic carbocycles. The molecule has 0 aliphatic heterocycles. The average Bonchev–Trinajstić information content (AvgIpc) is 2.21. The van der Waals surface area contributed by atoms with Crippen LogP contribution < -0.4 is 5.32 Å². The molecule has 0 fully saturated rings. The third-order valence-electron chi connectivity index (χ3n) is 2.58. The summed E-state index contributed by atoms with van der Waals surface area (Å²) >= 11 is 0. The number of carboxylic acid groups (broad SMARTS) is 1. The highest BCUT2D eigenvalue weighted by Crippen LogP contribution is 2.18. The van der Waals surface area contributed by atoms with Crippen molar-refractivity contribution in [1.29, 1.82) is 0 Å². The van der Waals surface area contributed by atoms with E-state index in [1.807, 2.05) is 13.8 Å². The molecular formula is C10H16F3NO3. The number of nitrogens with one attached hydrogen (secondary N) is 1. The summed E-state index contributed by atoms with van der Waals surface area (Å²) in [5, 5.41) is 10.2. The Kier molecular flexibility index (Phi) is 5.98. The van der Waals surface area contributed by atoms with Gasteiger partial charge < -0.3 is 10.4 Å². The Labute approximate surface area is 97.2 Å². The van der Waals surface area contributed by atoms with Crippen LogP contribution in [0.1, 0.15) is 33.1 Å². The monoisotopic (exact) mass is 255 g/mol. The van der Waals surface area contributed by atoms with Gasteiger partial charge in [-0.2, -0.15) is 13.2 Å². The van der Waals surface area contributed by atoms with Gasteiger partial charge in [0, 0.05) is 0 Å². The number of aliphatic carboxylic acids is 1. The second-order valence-corrected chi connectivity index (χ2v) is 3.78. The molecule has 0 saturated heterocycles. The summed E-state index contributed by atoms with van der Waals surface area (Å²) in [7, 11) is 0. The standard InChI is InChI=1S/C10H16F3NO3/c1-3-6(4-2)5-7(8(15)16)14-9(17)10(11,12)13/h6-7H,3-5H2,1-2H3,(H,14,17)(H,15,16)/t7-/m0/s1. The summed E-state index contributed by atoms with van der Waals surface area (Å²) in [6.45, 7) is 3.64. The Balaban J connectivity index is 4.55. The molecular weight excluding hydrogens is 239 g/mol. The number of hydrogen-bond acceptors (Lipinski definition) is 2. The molecule has 0 aliphatic carbocycles. The summed E-state index contributed by atoms with van der Waals surface area (Å²) in [6, 6.07) is -1.49. The van der Waals surface area contributed by atoms with Crippen molar-refractivity contribution in [1.82, 2.24) is 5.32 Å². The SMILES string of the molecule is CCC(CC)C[C@H](NC(=O)C(F)(F)F)C(=O)O. The quantitative estimate of drug-likeness (QED) is 0.762. The molecule has 7 heteroatoms. The molecule has 0 heterocycles. The second kappa shape index (κ2) is 6.46. The first-order chi connectivity index (χ1) is 7.72. The third kappa shape index (κ3) is 5.55. The van der Waals surface area contributed by atoms with Crippen LogP contribution in [0.4, 0.5) is 13.2 Å². The van der Waals surface area contributed by atoms with E-state index in [2.05, 4.69) is 0 Å². The van der Waals surface area contributed by atoms with Gasteiger partial charge in [0.1, 0.15) is 6.04 Å². The lowest BCUT2D eigenvalue weighted by atomic mass is 9.95. The van der Waals surface area contributed by atoms with Crippen LogP contribution in [0.15, 0.2) is 0 Å². The van der Waals surface area contributed by atoms with Gasteiger partial charge in [-0.1, -0.05) is 26.7 Å². The first-order valence-corrected chi connectivity index (χ1v) is 5.32. The maximum absolute atomic E-state index is 12.0. The Bertz CT molecular complexity index is 274. The van der Waals surface area contributed by atoms with Crippen molar-refractivity contribution in [2.24, 2.45) is 5.92 Å². The molecule has 4 nitrogen and oxygen atoms in total. The van der Waals surface area contributed by atoms with Crippen LogP contribution in [0.2, 0.25) is 0 Å². The van der Waals surface area contributed by atoms with Gasteiger partial charge in [0.2, 0.25) is 0 Å². The number of rotatable bonds is 6. The highest BCUT2D eigenvalue weighted by atomic mass is 19.4. The minimum absolute atomic E-state index is 0.00412. The fourth-order valence-electron chi connectivity index (χ4n) is 1.42. The number of amides is 1. The van der Waals surface area contributed by atoms with E-state index in [-0.39, 0.29) is 12.3 Å². The van der Waals surface area contributed by atoms with Crippen molar-refractivity contribution < 1.29 is 27.9 Å². The molecule has 0 aromatic heterocycles. The average molecular weight is 255 g/mol. The van der Waals surface area contributed by atoms with Crippen LogP contribution in [0.3, 0.4) is 0 Å². The van der Waals surface area contributed by atoms with Crippen molar-refractivity contribution in [3.63, 3.8) is 0 Å². The lowest BCUT2D eigenvalue weighted by Crippen LogP contribution is -2.47. The van der Waals surface area contributed by atoms with E-state index >= 15 is 0 Å². The number of carboxylic acids is 1. The Morgan fingerprint density at radius 3 is 2.00 bits per heavy atom. The van der Waals surface area contributed by atoms with Crippen LogP contribution in [0, 0.1) is 5.92 Å². The van der Waals surface area contributed by atoms with Crippen molar-refractivity contribution in [2.75, 3.05) is 0 Å². The molecule has 0 aromatic rings. The van der Waals surface area contributed by atoms with E-state index in [4.69, 9.17) is 5.11 Å². The minimum Gasteiger partial charge on any atom is -0.480 e. The number of hydrogen-bond donors (Lipinski definition) is 2. The van der Waals surface area contributed by atoms with Crippen LogP contribution in [0.25, 0.3) is 0 Å². The van der Waals surface area contributed by atoms with Gasteiger partial charge in [0.05, 0.1) is 0 Å². The first-order valence-electron chi connectivity index (χ1n) is 5.32. The Morgan fingerprint density at radius 1 is 1.24 bits per heavy atom. The molecule has 0 radical (unpaired) electrons. The number of halogens is 3. The van der Waals surface area contributed by atoms with Crippen molar-refractivity contribution in [3.05, 3.63) is 0 Å². The number of alkyl halides is 3. The maximum atomic E-state index is 12.0. The highest BCUT2D eigenvalue weighted by Gasteiger charge is 2.41. The molecule has 2 N–H and O–H groups in total. The summed E-state index contributed by atoms with van der Waals surface area (Å²) in [4.78, 5) is 21.4. The second-order valence-electron chi connectivity index (χ2n) is 3.78. The predicted molar refractivity (Wildman–Crippen MR) is 54.3 cm³/mol. The number of carbonyl (C=O) groups excluding carboxylic acids is 1. The van der Waals surface area contributed by atoms with E-state index in [9.17, 15) is 22.8 Å². The van der Waals surface area contributed by atoms with Gasteiger partial charge in [0.25, 0.3) is 0 Å². The Hall–Kier alpha value is -1.27. The molecule has 0 unspecified atom stereocenters. The minimum atomic E-state index is -5.05. The molecule has 100 valence electrons. The van der Waals surface area contributed by atoms with E-state index in [1.54, 1.807) is 0 Å². The summed E-state index contributed by atoms with van der Waals surface area (Å²) in [5.41, 5.74) is 0. The zero-order valence-corrected chi connectivity index (χ0v) is 9.67. The normalized spacial score (nSPS) is 13.5. The fourth-order valence-corrected chi connectivity index (χ4v) is 1.42. The van der Waals surface area contributed by atoms with Gasteiger partial charge in [-0.3, -0.25) is 4.79 Å². The molecule has 0 rings (SSSR count). The topological polar surface area (TPSA) is 66.4 Å². The van der Waals surface area contributed by atoms with Crippen molar-refractivity contribution in [3.8, 4) is 0 Å². The van der Waals surface area contributed by atoms with Gasteiger partial charge in [0.15, 0.2) is 0 Å². The maximum Gasteiger partial charge on any atom is 0.471 e.